The summed E-state index contributed by atoms with van der Waals surface area (Å²) in [6.45, 7) is -0.760. The zero-order valence-electron chi connectivity index (χ0n) is 9.85. The van der Waals surface area contributed by atoms with Crippen molar-refractivity contribution in [3.63, 3.8) is 0 Å². The second-order valence-corrected chi connectivity index (χ2v) is 3.90. The van der Waals surface area contributed by atoms with Gasteiger partial charge in [-0.15, -0.1) is 0 Å². The van der Waals surface area contributed by atoms with Crippen molar-refractivity contribution in [1.82, 2.24) is 12.3 Å². The molecule has 0 fully saturated rings. The predicted octanol–water partition coefficient (Wildman–Crippen LogP) is -3.98. The zero-order valence-corrected chi connectivity index (χ0v) is 10.7. The Hall–Kier alpha value is -0.500. The first kappa shape index (κ1) is 26.9. The fourth-order valence-electron chi connectivity index (χ4n) is 0.618. The van der Waals surface area contributed by atoms with Crippen LogP contribution in [0.3, 0.4) is 0 Å². The Bertz CT molecular complexity index is 252. The molecule has 0 saturated heterocycles. The molecule has 0 aliphatic rings. The van der Waals surface area contributed by atoms with E-state index in [2.05, 4.69) is 0 Å². The fraction of sp³-hybridized carbons (Fsp3) is 0.833. The van der Waals surface area contributed by atoms with Crippen LogP contribution in [0.15, 0.2) is 0 Å². The molecular weight excluding hydrogens is 291 g/mol. The smallest absolute Gasteiger partial charge is 0.394 e. The van der Waals surface area contributed by atoms with Gasteiger partial charge in [0.25, 0.3) is 0 Å². The first-order chi connectivity index (χ1) is 7.54. The standard InChI is InChI=1S/C6H12O6.2H3N.H3O4P/c7-1-3(9)5(11)6(12)4(10)2-8;;;1-5(2,3)4/h1,3-6,8-12H,2H2;2*1H3;(H3,1,2,3,4)/t3-,4+,5+,6+;;;/m0.../s1. The Labute approximate surface area is 108 Å². The van der Waals surface area contributed by atoms with Crippen LogP contribution in [-0.2, 0) is 9.36 Å². The van der Waals surface area contributed by atoms with E-state index in [1.807, 2.05) is 0 Å². The normalized spacial score (nSPS) is 16.4. The van der Waals surface area contributed by atoms with E-state index in [1.165, 1.54) is 0 Å². The Morgan fingerprint density at radius 2 is 1.26 bits per heavy atom. The molecule has 0 aromatic rings. The largest absolute Gasteiger partial charge is 0.466 e. The minimum atomic E-state index is -4.64. The second-order valence-electron chi connectivity index (χ2n) is 2.87. The van der Waals surface area contributed by atoms with E-state index in [9.17, 15) is 4.79 Å². The third-order valence-corrected chi connectivity index (χ3v) is 1.42. The highest BCUT2D eigenvalue weighted by Crippen LogP contribution is 2.25. The number of carbonyl (C=O) groups excluding carboxylic acids is 1. The van der Waals surface area contributed by atoms with Gasteiger partial charge >= 0.3 is 7.82 Å². The van der Waals surface area contributed by atoms with Crippen molar-refractivity contribution in [3.8, 4) is 0 Å². The SMILES string of the molecule is N.N.O=C[C@H](O)[C@@H](O)[C@H](O)[C@H](O)CO.O=P(O)(O)O. The quantitative estimate of drug-likeness (QED) is 0.172. The van der Waals surface area contributed by atoms with E-state index in [0.717, 1.165) is 0 Å². The summed E-state index contributed by atoms with van der Waals surface area (Å²) in [5.74, 6) is 0. The summed E-state index contributed by atoms with van der Waals surface area (Å²) >= 11 is 0. The number of hydrogen-bond acceptors (Lipinski definition) is 9. The third kappa shape index (κ3) is 17.5. The molecule has 0 amide bonds. The van der Waals surface area contributed by atoms with Crippen molar-refractivity contribution in [1.29, 1.82) is 0 Å². The van der Waals surface area contributed by atoms with Crippen molar-refractivity contribution >= 4 is 14.1 Å². The van der Waals surface area contributed by atoms with E-state index < -0.39 is 38.8 Å². The average Bonchev–Trinajstić information content (AvgIpc) is 2.22. The number of aliphatic hydroxyl groups is 5. The molecule has 4 atom stereocenters. The van der Waals surface area contributed by atoms with Gasteiger partial charge in [-0.25, -0.2) is 4.57 Å². The maximum absolute atomic E-state index is 9.90. The molecule has 0 aliphatic heterocycles. The van der Waals surface area contributed by atoms with Gasteiger partial charge < -0.3 is 57.3 Å². The number of rotatable bonds is 5. The van der Waals surface area contributed by atoms with Crippen LogP contribution in [0.2, 0.25) is 0 Å². The highest BCUT2D eigenvalue weighted by Gasteiger charge is 2.29. The molecule has 0 unspecified atom stereocenters. The monoisotopic (exact) mass is 312 g/mol. The van der Waals surface area contributed by atoms with Crippen LogP contribution in [0, 0.1) is 0 Å². The summed E-state index contributed by atoms with van der Waals surface area (Å²) in [5, 5.41) is 43.5. The summed E-state index contributed by atoms with van der Waals surface area (Å²) in [6.07, 6.45) is -6.84. The first-order valence-corrected chi connectivity index (χ1v) is 5.67. The molecule has 13 heteroatoms. The molecular formula is C6H21N2O10P. The summed E-state index contributed by atoms with van der Waals surface area (Å²) in [7, 11) is -4.64. The number of aliphatic hydroxyl groups excluding tert-OH is 5. The van der Waals surface area contributed by atoms with Gasteiger partial charge in [0.15, 0.2) is 6.29 Å². The van der Waals surface area contributed by atoms with E-state index in [4.69, 9.17) is 44.8 Å². The molecule has 120 valence electrons. The van der Waals surface area contributed by atoms with Crippen molar-refractivity contribution < 1.29 is 49.6 Å². The lowest BCUT2D eigenvalue weighted by atomic mass is 10.0. The van der Waals surface area contributed by atoms with Crippen LogP contribution in [0.5, 0.6) is 0 Å². The van der Waals surface area contributed by atoms with Crippen molar-refractivity contribution in [2.24, 2.45) is 0 Å². The maximum atomic E-state index is 9.90. The number of carbonyl (C=O) groups is 1. The lowest BCUT2D eigenvalue weighted by Gasteiger charge is -2.22. The molecule has 0 radical (unpaired) electrons. The van der Waals surface area contributed by atoms with Crippen molar-refractivity contribution in [3.05, 3.63) is 0 Å². The summed E-state index contributed by atoms with van der Waals surface area (Å²) < 4.78 is 8.88. The van der Waals surface area contributed by atoms with Crippen LogP contribution in [0.25, 0.3) is 0 Å². The molecule has 0 aromatic heterocycles. The summed E-state index contributed by atoms with van der Waals surface area (Å²) in [4.78, 5) is 31.5. The van der Waals surface area contributed by atoms with E-state index in [1.54, 1.807) is 0 Å². The van der Waals surface area contributed by atoms with E-state index in [0.29, 0.717) is 0 Å². The minimum Gasteiger partial charge on any atom is -0.394 e. The molecule has 0 spiro atoms. The number of aldehydes is 1. The van der Waals surface area contributed by atoms with Crippen LogP contribution in [-0.4, -0.2) is 77.5 Å². The van der Waals surface area contributed by atoms with Crippen molar-refractivity contribution in [2.75, 3.05) is 6.61 Å². The predicted molar refractivity (Wildman–Crippen MR) is 61.5 cm³/mol. The number of hydrogen-bond donors (Lipinski definition) is 10. The molecule has 0 bridgehead atoms. The summed E-state index contributed by atoms with van der Waals surface area (Å²) in [6, 6.07) is 0. The van der Waals surface area contributed by atoms with Gasteiger partial charge in [-0.2, -0.15) is 0 Å². The highest BCUT2D eigenvalue weighted by atomic mass is 31.2. The van der Waals surface area contributed by atoms with Crippen LogP contribution in [0.4, 0.5) is 0 Å². The number of phosphoric acid groups is 1. The first-order valence-electron chi connectivity index (χ1n) is 4.11. The van der Waals surface area contributed by atoms with Crippen LogP contribution >= 0.6 is 7.82 Å². The van der Waals surface area contributed by atoms with Crippen LogP contribution in [0.1, 0.15) is 0 Å². The maximum Gasteiger partial charge on any atom is 0.466 e. The molecule has 0 rings (SSSR count). The highest BCUT2D eigenvalue weighted by molar-refractivity contribution is 7.45. The fourth-order valence-corrected chi connectivity index (χ4v) is 0.618. The van der Waals surface area contributed by atoms with Gasteiger partial charge in [-0.3, -0.25) is 0 Å². The van der Waals surface area contributed by atoms with E-state index >= 15 is 0 Å². The van der Waals surface area contributed by atoms with Gasteiger partial charge in [-0.05, 0) is 0 Å². The van der Waals surface area contributed by atoms with Crippen molar-refractivity contribution in [2.45, 2.75) is 24.4 Å². The minimum absolute atomic E-state index is 0. The molecule has 0 aliphatic carbocycles. The van der Waals surface area contributed by atoms with Crippen LogP contribution < -0.4 is 12.3 Å². The Morgan fingerprint density at radius 3 is 1.47 bits per heavy atom. The molecule has 0 saturated carbocycles. The lowest BCUT2D eigenvalue weighted by Crippen LogP contribution is -2.46. The zero-order chi connectivity index (χ0) is 14.2. The third-order valence-electron chi connectivity index (χ3n) is 1.42. The van der Waals surface area contributed by atoms with Gasteiger partial charge in [0.1, 0.15) is 24.4 Å². The Balaban J connectivity index is -0.000000139. The topological polar surface area (TPSA) is 266 Å². The van der Waals surface area contributed by atoms with E-state index in [-0.39, 0.29) is 18.6 Å². The van der Waals surface area contributed by atoms with Gasteiger partial charge in [0, 0.05) is 0 Å². The lowest BCUT2D eigenvalue weighted by molar-refractivity contribution is -0.136. The molecule has 12 nitrogen and oxygen atoms in total. The second kappa shape index (κ2) is 12.5. The van der Waals surface area contributed by atoms with Gasteiger partial charge in [0.2, 0.25) is 0 Å². The molecule has 0 heterocycles. The Morgan fingerprint density at radius 1 is 0.947 bits per heavy atom. The van der Waals surface area contributed by atoms with Gasteiger partial charge in [0.05, 0.1) is 6.61 Å². The molecule has 14 N–H and O–H groups in total. The molecule has 19 heavy (non-hydrogen) atoms. The average molecular weight is 312 g/mol. The summed E-state index contributed by atoms with van der Waals surface area (Å²) in [5.41, 5.74) is 0. The van der Waals surface area contributed by atoms with Gasteiger partial charge in [-0.1, -0.05) is 0 Å². The Kier molecular flexibility index (Phi) is 17.8. The molecule has 0 aromatic carbocycles.